The van der Waals surface area contributed by atoms with Gasteiger partial charge in [0.05, 0.1) is 5.56 Å². The van der Waals surface area contributed by atoms with Gasteiger partial charge in [0.2, 0.25) is 11.8 Å². The SMILES string of the molecule is CCC(C(=O)NCC(C)C)N(Cc1ccc(C)cc1)C(=O)CCN1C(=O)c2ccccc2S1(=O)=O. The Morgan fingerprint density at radius 1 is 1.06 bits per heavy atom. The van der Waals surface area contributed by atoms with Crippen molar-refractivity contribution in [1.82, 2.24) is 14.5 Å². The quantitative estimate of drug-likeness (QED) is 0.541. The molecule has 0 aromatic heterocycles. The first kappa shape index (κ1) is 26.4. The Morgan fingerprint density at radius 3 is 2.31 bits per heavy atom. The van der Waals surface area contributed by atoms with Gasteiger partial charge in [0.15, 0.2) is 0 Å². The molecule has 1 heterocycles. The number of amides is 3. The van der Waals surface area contributed by atoms with Crippen LogP contribution in [0.5, 0.6) is 0 Å². The number of nitrogens with zero attached hydrogens (tertiary/aromatic N) is 2. The second-order valence-electron chi connectivity index (χ2n) is 9.20. The van der Waals surface area contributed by atoms with E-state index in [0.717, 1.165) is 15.4 Å². The van der Waals surface area contributed by atoms with Crippen molar-refractivity contribution in [3.8, 4) is 0 Å². The lowest BCUT2D eigenvalue weighted by Gasteiger charge is -2.31. The van der Waals surface area contributed by atoms with Crippen molar-refractivity contribution >= 4 is 27.7 Å². The van der Waals surface area contributed by atoms with Crippen LogP contribution in [0, 0.1) is 12.8 Å². The summed E-state index contributed by atoms with van der Waals surface area (Å²) in [5.74, 6) is -1.03. The molecule has 8 nitrogen and oxygen atoms in total. The first-order chi connectivity index (χ1) is 16.6. The van der Waals surface area contributed by atoms with Crippen LogP contribution >= 0.6 is 0 Å². The van der Waals surface area contributed by atoms with E-state index in [1.54, 1.807) is 12.1 Å². The van der Waals surface area contributed by atoms with Gasteiger partial charge >= 0.3 is 0 Å². The van der Waals surface area contributed by atoms with Gasteiger partial charge in [-0.25, -0.2) is 12.7 Å². The van der Waals surface area contributed by atoms with Crippen LogP contribution in [-0.4, -0.2) is 54.5 Å². The van der Waals surface area contributed by atoms with Crippen LogP contribution in [0.4, 0.5) is 0 Å². The number of aryl methyl sites for hydroxylation is 1. The van der Waals surface area contributed by atoms with Crippen molar-refractivity contribution in [3.05, 3.63) is 65.2 Å². The number of rotatable bonds is 10. The van der Waals surface area contributed by atoms with Gasteiger partial charge in [-0.1, -0.05) is 62.7 Å². The van der Waals surface area contributed by atoms with Crippen molar-refractivity contribution < 1.29 is 22.8 Å². The Bertz CT molecular complexity index is 1190. The van der Waals surface area contributed by atoms with E-state index in [0.29, 0.717) is 13.0 Å². The molecule has 9 heteroatoms. The summed E-state index contributed by atoms with van der Waals surface area (Å²) < 4.78 is 26.5. The van der Waals surface area contributed by atoms with E-state index < -0.39 is 27.9 Å². The highest BCUT2D eigenvalue weighted by Crippen LogP contribution is 2.30. The first-order valence-electron chi connectivity index (χ1n) is 11.8. The summed E-state index contributed by atoms with van der Waals surface area (Å²) in [6.45, 7) is 8.17. The zero-order valence-corrected chi connectivity index (χ0v) is 21.5. The largest absolute Gasteiger partial charge is 0.354 e. The number of hydrogen-bond acceptors (Lipinski definition) is 5. The summed E-state index contributed by atoms with van der Waals surface area (Å²) in [5.41, 5.74) is 2.04. The lowest BCUT2D eigenvalue weighted by molar-refractivity contribution is -0.141. The fourth-order valence-corrected chi connectivity index (χ4v) is 5.59. The van der Waals surface area contributed by atoms with E-state index >= 15 is 0 Å². The molecule has 1 aliphatic rings. The molecular formula is C26H33N3O5S. The second kappa shape index (κ2) is 11.0. The first-order valence-corrected chi connectivity index (χ1v) is 13.3. The van der Waals surface area contributed by atoms with Gasteiger partial charge in [-0.05, 0) is 37.0 Å². The maximum atomic E-state index is 13.4. The fraction of sp³-hybridized carbons (Fsp3) is 0.423. The molecule has 3 rings (SSSR count). The molecule has 2 aromatic carbocycles. The second-order valence-corrected chi connectivity index (χ2v) is 11.0. The van der Waals surface area contributed by atoms with Gasteiger partial charge in [-0.3, -0.25) is 14.4 Å². The van der Waals surface area contributed by atoms with E-state index in [1.165, 1.54) is 17.0 Å². The van der Waals surface area contributed by atoms with Crippen LogP contribution in [-0.2, 0) is 26.2 Å². The molecule has 3 amide bonds. The number of benzene rings is 2. The fourth-order valence-electron chi connectivity index (χ4n) is 4.03. The maximum absolute atomic E-state index is 13.4. The van der Waals surface area contributed by atoms with Crippen LogP contribution in [0.3, 0.4) is 0 Å². The van der Waals surface area contributed by atoms with E-state index in [1.807, 2.05) is 52.0 Å². The van der Waals surface area contributed by atoms with Gasteiger partial charge in [0.1, 0.15) is 10.9 Å². The summed E-state index contributed by atoms with van der Waals surface area (Å²) in [6, 6.07) is 13.0. The minimum absolute atomic E-state index is 0.0477. The minimum atomic E-state index is -4.01. The smallest absolute Gasteiger partial charge is 0.269 e. The van der Waals surface area contributed by atoms with Crippen molar-refractivity contribution in [3.63, 3.8) is 0 Å². The molecular weight excluding hydrogens is 466 g/mol. The zero-order chi connectivity index (χ0) is 25.8. The molecule has 1 N–H and O–H groups in total. The summed E-state index contributed by atoms with van der Waals surface area (Å²) in [4.78, 5) is 40.5. The molecule has 0 radical (unpaired) electrons. The Kier molecular flexibility index (Phi) is 8.32. The number of nitrogens with one attached hydrogen (secondary N) is 1. The standard InChI is InChI=1S/C26H33N3O5S/c1-5-22(25(31)27-16-18(2)3)28(17-20-12-10-19(4)11-13-20)24(30)14-15-29-26(32)21-8-6-7-9-23(21)35(29,33)34/h6-13,18,22H,5,14-17H2,1-4H3,(H,27,31). The van der Waals surface area contributed by atoms with Crippen LogP contribution in [0.1, 0.15) is 55.1 Å². The third-order valence-corrected chi connectivity index (χ3v) is 7.83. The van der Waals surface area contributed by atoms with E-state index in [-0.39, 0.29) is 41.8 Å². The van der Waals surface area contributed by atoms with Crippen molar-refractivity contribution in [2.24, 2.45) is 5.92 Å². The molecule has 0 saturated carbocycles. The third kappa shape index (κ3) is 5.90. The predicted octanol–water partition coefficient (Wildman–Crippen LogP) is 3.11. The Morgan fingerprint density at radius 2 is 1.71 bits per heavy atom. The van der Waals surface area contributed by atoms with Gasteiger partial charge < -0.3 is 10.2 Å². The van der Waals surface area contributed by atoms with Gasteiger partial charge in [0.25, 0.3) is 15.9 Å². The van der Waals surface area contributed by atoms with Crippen molar-refractivity contribution in [2.45, 2.75) is 58.0 Å². The van der Waals surface area contributed by atoms with Crippen LogP contribution in [0.25, 0.3) is 0 Å². The van der Waals surface area contributed by atoms with Gasteiger partial charge in [-0.15, -0.1) is 0 Å². The lowest BCUT2D eigenvalue weighted by atomic mass is 10.1. The van der Waals surface area contributed by atoms with Crippen LogP contribution in [0.15, 0.2) is 53.4 Å². The summed E-state index contributed by atoms with van der Waals surface area (Å²) >= 11 is 0. The Hall–Kier alpha value is -3.20. The monoisotopic (exact) mass is 499 g/mol. The van der Waals surface area contributed by atoms with Crippen LogP contribution < -0.4 is 5.32 Å². The van der Waals surface area contributed by atoms with E-state index in [4.69, 9.17) is 0 Å². The zero-order valence-electron chi connectivity index (χ0n) is 20.7. The average molecular weight is 500 g/mol. The number of carbonyl (C=O) groups is 3. The number of fused-ring (bicyclic) bond motifs is 1. The highest BCUT2D eigenvalue weighted by molar-refractivity contribution is 7.90. The molecule has 0 aliphatic carbocycles. The van der Waals surface area contributed by atoms with E-state index in [2.05, 4.69) is 5.32 Å². The summed E-state index contributed by atoms with van der Waals surface area (Å²) in [5, 5.41) is 2.90. The molecule has 35 heavy (non-hydrogen) atoms. The van der Waals surface area contributed by atoms with E-state index in [9.17, 15) is 22.8 Å². The molecule has 2 aromatic rings. The molecule has 1 aliphatic heterocycles. The number of hydrogen-bond donors (Lipinski definition) is 1. The summed E-state index contributed by atoms with van der Waals surface area (Å²) in [6.07, 6.45) is 0.173. The number of carbonyl (C=O) groups excluding carboxylic acids is 3. The van der Waals surface area contributed by atoms with Crippen molar-refractivity contribution in [1.29, 1.82) is 0 Å². The molecule has 0 saturated heterocycles. The number of sulfonamides is 1. The molecule has 1 atom stereocenters. The highest BCUT2D eigenvalue weighted by Gasteiger charge is 2.41. The minimum Gasteiger partial charge on any atom is -0.354 e. The third-order valence-electron chi connectivity index (χ3n) is 5.98. The molecule has 0 fully saturated rings. The van der Waals surface area contributed by atoms with Crippen LogP contribution in [0.2, 0.25) is 0 Å². The maximum Gasteiger partial charge on any atom is 0.269 e. The summed E-state index contributed by atoms with van der Waals surface area (Å²) in [7, 11) is -4.01. The van der Waals surface area contributed by atoms with Crippen molar-refractivity contribution in [2.75, 3.05) is 13.1 Å². The molecule has 1 unspecified atom stereocenters. The normalized spacial score (nSPS) is 15.1. The van der Waals surface area contributed by atoms with Gasteiger partial charge in [-0.2, -0.15) is 0 Å². The molecule has 0 spiro atoms. The van der Waals surface area contributed by atoms with Gasteiger partial charge in [0, 0.05) is 26.1 Å². The predicted molar refractivity (Wildman–Crippen MR) is 133 cm³/mol. The topological polar surface area (TPSA) is 104 Å². The highest BCUT2D eigenvalue weighted by atomic mass is 32.2. The molecule has 188 valence electrons. The Balaban J connectivity index is 1.81. The Labute approximate surface area is 207 Å². The lowest BCUT2D eigenvalue weighted by Crippen LogP contribution is -2.50. The molecule has 0 bridgehead atoms. The average Bonchev–Trinajstić information content (AvgIpc) is 3.02.